The number of nitrogens with zero attached hydrogens (tertiary/aromatic N) is 7. The number of fused-ring (bicyclic) bond motifs is 1. The van der Waals surface area contributed by atoms with Gasteiger partial charge in [0.15, 0.2) is 11.4 Å². The van der Waals surface area contributed by atoms with Gasteiger partial charge in [0.2, 0.25) is 5.91 Å². The molecule has 12 nitrogen and oxygen atoms in total. The maximum atomic E-state index is 13.6. The van der Waals surface area contributed by atoms with Gasteiger partial charge in [-0.2, -0.15) is 0 Å². The van der Waals surface area contributed by atoms with Gasteiger partial charge in [0, 0.05) is 30.6 Å². The second-order valence-electron chi connectivity index (χ2n) is 15.2. The first-order valence-corrected chi connectivity index (χ1v) is 20.7. The predicted octanol–water partition coefficient (Wildman–Crippen LogP) is 8.01. The van der Waals surface area contributed by atoms with Crippen molar-refractivity contribution < 1.29 is 24.2 Å². The van der Waals surface area contributed by atoms with Crippen molar-refractivity contribution in [1.29, 1.82) is 0 Å². The summed E-state index contributed by atoms with van der Waals surface area (Å²) in [6.07, 6.45) is 2.14. The largest absolute Gasteiger partial charge is 0.479 e. The molecule has 1 aliphatic heterocycles. The number of amides is 1. The monoisotopic (exact) mass is 813 g/mol. The maximum Gasteiger partial charge on any atom is 0.335 e. The van der Waals surface area contributed by atoms with E-state index >= 15 is 0 Å². The molecule has 0 saturated heterocycles. The molecule has 0 aliphatic carbocycles. The molecular formula is C49H47N7O5. The number of benzene rings is 5. The molecular weight excluding hydrogens is 767 g/mol. The van der Waals surface area contributed by atoms with E-state index in [-0.39, 0.29) is 13.2 Å². The van der Waals surface area contributed by atoms with Gasteiger partial charge in [0.05, 0.1) is 18.0 Å². The Bertz CT molecular complexity index is 2560. The Kier molecular flexibility index (Phi) is 11.4. The van der Waals surface area contributed by atoms with Crippen LogP contribution in [0.2, 0.25) is 0 Å². The van der Waals surface area contributed by atoms with E-state index < -0.39 is 35.3 Å². The van der Waals surface area contributed by atoms with Crippen LogP contribution in [0.5, 0.6) is 0 Å². The Morgan fingerprint density at radius 2 is 1.34 bits per heavy atom. The van der Waals surface area contributed by atoms with Gasteiger partial charge in [0.1, 0.15) is 17.8 Å². The van der Waals surface area contributed by atoms with E-state index in [1.165, 1.54) is 11.8 Å². The SMILES string of the molecule is CCCCc1nc2c(n1-c1ccc(-c3ccccc3-c3nnnn3C(c3ccccc3)(c3ccccc3)c3ccccc3)cc1)C(C)(C(=O)O)N(C(=O)CC(=O)OCC)CC2. The number of carbonyl (C=O) groups is 3. The summed E-state index contributed by atoms with van der Waals surface area (Å²) < 4.78 is 8.85. The number of rotatable bonds is 14. The minimum atomic E-state index is -1.81. The smallest absolute Gasteiger partial charge is 0.335 e. The number of imidazole rings is 1. The average molecular weight is 814 g/mol. The first-order valence-electron chi connectivity index (χ1n) is 20.7. The van der Waals surface area contributed by atoms with Gasteiger partial charge >= 0.3 is 11.9 Å². The zero-order valence-corrected chi connectivity index (χ0v) is 34.4. The highest BCUT2D eigenvalue weighted by Crippen LogP contribution is 2.44. The molecule has 308 valence electrons. The molecule has 1 unspecified atom stereocenters. The van der Waals surface area contributed by atoms with Crippen molar-refractivity contribution in [2.24, 2.45) is 0 Å². The molecule has 1 aliphatic rings. The van der Waals surface area contributed by atoms with Gasteiger partial charge in [-0.15, -0.1) is 5.10 Å². The standard InChI is InChI=1S/C49H47N7O5/c1-4-6-26-42-50-41-31-32-54(43(57)33-44(58)61-5-2)48(3,47(59)60)45(41)55(42)38-29-27-34(28-30-38)39-24-16-17-25-40(39)46-51-52-53-56(46)49(35-18-10-7-11-19-35,36-20-12-8-13-21-36)37-22-14-9-15-23-37/h7-25,27-30H,4-6,26,31-33H2,1-3H3,(H,59,60). The Balaban J connectivity index is 1.25. The molecule has 0 spiro atoms. The maximum absolute atomic E-state index is 13.6. The number of hydrogen-bond acceptors (Lipinski definition) is 8. The van der Waals surface area contributed by atoms with Crippen molar-refractivity contribution in [2.75, 3.05) is 13.2 Å². The first kappa shape index (κ1) is 40.6. The van der Waals surface area contributed by atoms with E-state index in [1.807, 2.05) is 112 Å². The van der Waals surface area contributed by atoms with Crippen LogP contribution in [0.4, 0.5) is 0 Å². The minimum Gasteiger partial charge on any atom is -0.479 e. The number of carbonyl (C=O) groups excluding carboxylic acids is 2. The summed E-state index contributed by atoms with van der Waals surface area (Å²) in [4.78, 5) is 45.7. The molecule has 0 fully saturated rings. The van der Waals surface area contributed by atoms with E-state index in [9.17, 15) is 19.5 Å². The number of carboxylic acid groups (broad SMARTS) is 1. The van der Waals surface area contributed by atoms with Crippen molar-refractivity contribution >= 4 is 17.8 Å². The summed E-state index contributed by atoms with van der Waals surface area (Å²) in [7, 11) is 0. The molecule has 1 atom stereocenters. The van der Waals surface area contributed by atoms with Crippen LogP contribution in [0.1, 0.15) is 73.9 Å². The van der Waals surface area contributed by atoms with Crippen molar-refractivity contribution in [1.82, 2.24) is 34.7 Å². The number of aryl methyl sites for hydroxylation is 1. The summed E-state index contributed by atoms with van der Waals surface area (Å²) in [6.45, 7) is 5.50. The molecule has 0 saturated carbocycles. The third kappa shape index (κ3) is 7.17. The van der Waals surface area contributed by atoms with E-state index in [0.29, 0.717) is 41.6 Å². The second-order valence-corrected chi connectivity index (χ2v) is 15.2. The highest BCUT2D eigenvalue weighted by Gasteiger charge is 2.51. The molecule has 0 bridgehead atoms. The van der Waals surface area contributed by atoms with E-state index in [1.54, 1.807) is 6.92 Å². The van der Waals surface area contributed by atoms with Crippen molar-refractivity contribution in [3.8, 4) is 28.2 Å². The number of unbranched alkanes of at least 4 members (excludes halogenated alkanes) is 1. The molecule has 5 aromatic carbocycles. The van der Waals surface area contributed by atoms with Gasteiger partial charge in [-0.25, -0.2) is 14.5 Å². The van der Waals surface area contributed by atoms with Gasteiger partial charge in [0.25, 0.3) is 0 Å². The van der Waals surface area contributed by atoms with Crippen LogP contribution in [0.15, 0.2) is 140 Å². The van der Waals surface area contributed by atoms with Gasteiger partial charge in [-0.3, -0.25) is 14.2 Å². The summed E-state index contributed by atoms with van der Waals surface area (Å²) in [6, 6.07) is 46.7. The molecule has 3 heterocycles. The van der Waals surface area contributed by atoms with E-state index in [0.717, 1.165) is 46.2 Å². The highest BCUT2D eigenvalue weighted by atomic mass is 16.5. The third-order valence-corrected chi connectivity index (χ3v) is 11.6. The molecule has 7 aromatic rings. The summed E-state index contributed by atoms with van der Waals surface area (Å²) in [5, 5.41) is 24.7. The zero-order chi connectivity index (χ0) is 42.6. The summed E-state index contributed by atoms with van der Waals surface area (Å²) >= 11 is 0. The average Bonchev–Trinajstić information content (AvgIpc) is 3.93. The molecule has 12 heteroatoms. The number of hydrogen-bond donors (Lipinski definition) is 1. The van der Waals surface area contributed by atoms with Gasteiger partial charge in [-0.05, 0) is 70.6 Å². The normalized spacial score (nSPS) is 15.0. The minimum absolute atomic E-state index is 0.105. The van der Waals surface area contributed by atoms with Crippen LogP contribution < -0.4 is 0 Å². The van der Waals surface area contributed by atoms with Crippen molar-refractivity contribution in [3.05, 3.63) is 173 Å². The van der Waals surface area contributed by atoms with Crippen LogP contribution >= 0.6 is 0 Å². The number of tetrazole rings is 1. The number of esters is 1. The second kappa shape index (κ2) is 17.2. The summed E-state index contributed by atoms with van der Waals surface area (Å²) in [5.41, 5.74) is 4.52. The lowest BCUT2D eigenvalue weighted by Crippen LogP contribution is -2.57. The number of aromatic nitrogens is 6. The third-order valence-electron chi connectivity index (χ3n) is 11.6. The van der Waals surface area contributed by atoms with Crippen molar-refractivity contribution in [2.45, 2.75) is 64.0 Å². The van der Waals surface area contributed by atoms with E-state index in [2.05, 4.69) is 48.5 Å². The molecule has 61 heavy (non-hydrogen) atoms. The molecule has 0 radical (unpaired) electrons. The fourth-order valence-electron chi connectivity index (χ4n) is 8.77. The van der Waals surface area contributed by atoms with Gasteiger partial charge in [-0.1, -0.05) is 141 Å². The lowest BCUT2D eigenvalue weighted by atomic mass is 9.77. The molecule has 2 aromatic heterocycles. The summed E-state index contributed by atoms with van der Waals surface area (Å²) in [5.74, 6) is -1.24. The number of aliphatic carboxylic acids is 1. The zero-order valence-electron chi connectivity index (χ0n) is 34.4. The number of carboxylic acids is 1. The quantitative estimate of drug-likeness (QED) is 0.0656. The van der Waals surface area contributed by atoms with Crippen LogP contribution in [0, 0.1) is 0 Å². The fourth-order valence-corrected chi connectivity index (χ4v) is 8.77. The van der Waals surface area contributed by atoms with E-state index in [4.69, 9.17) is 20.0 Å². The van der Waals surface area contributed by atoms with Crippen LogP contribution in [-0.2, 0) is 43.0 Å². The number of ether oxygens (including phenoxy) is 1. The van der Waals surface area contributed by atoms with Gasteiger partial charge < -0.3 is 14.7 Å². The fraction of sp³-hybridized carbons (Fsp3) is 0.245. The van der Waals surface area contributed by atoms with Crippen LogP contribution in [-0.4, -0.2) is 70.8 Å². The highest BCUT2D eigenvalue weighted by molar-refractivity contribution is 5.97. The lowest BCUT2D eigenvalue weighted by molar-refractivity contribution is -0.163. The Labute approximate surface area is 354 Å². The first-order chi connectivity index (χ1) is 29.7. The predicted molar refractivity (Wildman–Crippen MR) is 231 cm³/mol. The van der Waals surface area contributed by atoms with Crippen molar-refractivity contribution in [3.63, 3.8) is 0 Å². The topological polar surface area (TPSA) is 145 Å². The van der Waals surface area contributed by atoms with Crippen LogP contribution in [0.3, 0.4) is 0 Å². The van der Waals surface area contributed by atoms with Crippen LogP contribution in [0.25, 0.3) is 28.2 Å². The molecule has 8 rings (SSSR count). The molecule has 1 N–H and O–H groups in total. The Hall–Kier alpha value is -7.21. The lowest BCUT2D eigenvalue weighted by Gasteiger charge is -2.42. The molecule has 1 amide bonds. The Morgan fingerprint density at radius 3 is 1.90 bits per heavy atom. The Morgan fingerprint density at radius 1 is 0.770 bits per heavy atom.